The second-order valence-corrected chi connectivity index (χ2v) is 5.45. The minimum atomic E-state index is -0.329. The fraction of sp³-hybridized carbons (Fsp3) is 0.467. The first kappa shape index (κ1) is 15.0. The third kappa shape index (κ3) is 2.86. The van der Waals surface area contributed by atoms with Crippen molar-refractivity contribution in [1.29, 1.82) is 0 Å². The highest BCUT2D eigenvalue weighted by molar-refractivity contribution is 5.85. The minimum Gasteiger partial charge on any atom is -0.339 e. The lowest BCUT2D eigenvalue weighted by Gasteiger charge is -2.34. The normalized spacial score (nSPS) is 16.3. The van der Waals surface area contributed by atoms with Crippen LogP contribution >= 0.6 is 12.4 Å². The van der Waals surface area contributed by atoms with Crippen LogP contribution in [0.25, 0.3) is 0 Å². The number of nitrogens with zero attached hydrogens (tertiary/aromatic N) is 2. The summed E-state index contributed by atoms with van der Waals surface area (Å²) in [6, 6.07) is 8.38. The molecule has 1 fully saturated rings. The van der Waals surface area contributed by atoms with Crippen LogP contribution < -0.4 is 5.73 Å². The molecule has 1 saturated carbocycles. The molecule has 0 saturated heterocycles. The number of benzene rings is 1. The quantitative estimate of drug-likeness (QED) is 0.941. The monoisotopic (exact) mass is 293 g/mol. The molecule has 2 N–H and O–H groups in total. The Hall–Kier alpha value is -1.39. The summed E-state index contributed by atoms with van der Waals surface area (Å²) < 4.78 is 5.31. The molecular weight excluding hydrogens is 274 g/mol. The summed E-state index contributed by atoms with van der Waals surface area (Å²) in [6.07, 6.45) is 4.77. The number of hydrogen-bond acceptors (Lipinski definition) is 4. The van der Waals surface area contributed by atoms with Crippen LogP contribution in [0.3, 0.4) is 0 Å². The molecule has 0 bridgehead atoms. The smallest absolute Gasteiger partial charge is 0.227 e. The fourth-order valence-corrected chi connectivity index (χ4v) is 2.47. The van der Waals surface area contributed by atoms with E-state index < -0.39 is 0 Å². The molecule has 1 aromatic heterocycles. The molecule has 0 atom stereocenters. The van der Waals surface area contributed by atoms with E-state index in [1.165, 1.54) is 11.1 Å². The molecule has 5 heteroatoms. The third-order valence-electron chi connectivity index (χ3n) is 4.03. The molecule has 0 unspecified atom stereocenters. The summed E-state index contributed by atoms with van der Waals surface area (Å²) in [5.41, 5.74) is 8.48. The summed E-state index contributed by atoms with van der Waals surface area (Å²) in [7, 11) is 0. The largest absolute Gasteiger partial charge is 0.339 e. The van der Waals surface area contributed by atoms with E-state index in [1.54, 1.807) is 0 Å². The average molecular weight is 294 g/mol. The standard InChI is InChI=1S/C15H19N3O.ClH/c1-11-5-2-3-6-12(11)7-8-13-17-14(18-19-13)15(16)9-4-10-15;/h2-3,5-6H,4,7-10,16H2,1H3;1H. The van der Waals surface area contributed by atoms with Crippen molar-refractivity contribution in [3.63, 3.8) is 0 Å². The molecule has 108 valence electrons. The Morgan fingerprint density at radius 1 is 1.25 bits per heavy atom. The summed E-state index contributed by atoms with van der Waals surface area (Å²) in [5.74, 6) is 1.37. The van der Waals surface area contributed by atoms with Gasteiger partial charge in [0.05, 0.1) is 5.54 Å². The van der Waals surface area contributed by atoms with Gasteiger partial charge >= 0.3 is 0 Å². The Labute approximate surface area is 125 Å². The van der Waals surface area contributed by atoms with E-state index in [1.807, 2.05) is 0 Å². The van der Waals surface area contributed by atoms with Crippen molar-refractivity contribution < 1.29 is 4.52 Å². The Bertz CT molecular complexity index is 578. The predicted molar refractivity (Wildman–Crippen MR) is 79.8 cm³/mol. The average Bonchev–Trinajstić information content (AvgIpc) is 2.84. The lowest BCUT2D eigenvalue weighted by molar-refractivity contribution is 0.229. The zero-order chi connectivity index (χ0) is 13.3. The molecule has 0 radical (unpaired) electrons. The SMILES string of the molecule is Cc1ccccc1CCc1nc(C2(N)CCC2)no1.Cl. The highest BCUT2D eigenvalue weighted by Crippen LogP contribution is 2.36. The lowest BCUT2D eigenvalue weighted by Crippen LogP contribution is -2.44. The Balaban J connectivity index is 0.00000147. The van der Waals surface area contributed by atoms with E-state index in [0.29, 0.717) is 11.7 Å². The van der Waals surface area contributed by atoms with Crippen LogP contribution in [0, 0.1) is 6.92 Å². The van der Waals surface area contributed by atoms with Gasteiger partial charge in [-0.25, -0.2) is 0 Å². The number of rotatable bonds is 4. The van der Waals surface area contributed by atoms with E-state index in [-0.39, 0.29) is 17.9 Å². The van der Waals surface area contributed by atoms with Crippen LogP contribution in [0.4, 0.5) is 0 Å². The van der Waals surface area contributed by atoms with E-state index in [9.17, 15) is 0 Å². The van der Waals surface area contributed by atoms with Crippen LogP contribution in [0.5, 0.6) is 0 Å². The van der Waals surface area contributed by atoms with Gasteiger partial charge < -0.3 is 10.3 Å². The van der Waals surface area contributed by atoms with Crippen molar-refractivity contribution in [3.05, 3.63) is 47.1 Å². The van der Waals surface area contributed by atoms with Gasteiger partial charge in [0.15, 0.2) is 5.82 Å². The van der Waals surface area contributed by atoms with Crippen LogP contribution in [-0.4, -0.2) is 10.1 Å². The van der Waals surface area contributed by atoms with Crippen LogP contribution in [0.1, 0.15) is 42.1 Å². The van der Waals surface area contributed by atoms with Crippen molar-refractivity contribution in [2.75, 3.05) is 0 Å². The Morgan fingerprint density at radius 3 is 2.65 bits per heavy atom. The molecule has 1 aromatic carbocycles. The molecule has 1 aliphatic carbocycles. The maximum atomic E-state index is 6.18. The maximum absolute atomic E-state index is 6.18. The van der Waals surface area contributed by atoms with Crippen molar-refractivity contribution >= 4 is 12.4 Å². The number of aromatic nitrogens is 2. The number of nitrogens with two attached hydrogens (primary N) is 1. The summed E-state index contributed by atoms with van der Waals surface area (Å²) in [5, 5.41) is 4.03. The van der Waals surface area contributed by atoms with Gasteiger partial charge in [0.1, 0.15) is 0 Å². The first-order valence-corrected chi connectivity index (χ1v) is 6.84. The summed E-state index contributed by atoms with van der Waals surface area (Å²) in [6.45, 7) is 2.12. The minimum absolute atomic E-state index is 0. The predicted octanol–water partition coefficient (Wildman–Crippen LogP) is 2.92. The molecular formula is C15H20ClN3O. The number of halogens is 1. The van der Waals surface area contributed by atoms with Gasteiger partial charge in [0, 0.05) is 6.42 Å². The number of hydrogen-bond donors (Lipinski definition) is 1. The molecule has 1 aliphatic rings. The van der Waals surface area contributed by atoms with E-state index in [2.05, 4.69) is 41.3 Å². The van der Waals surface area contributed by atoms with Crippen molar-refractivity contribution in [2.45, 2.75) is 44.6 Å². The molecule has 0 aliphatic heterocycles. The molecule has 1 heterocycles. The summed E-state index contributed by atoms with van der Waals surface area (Å²) in [4.78, 5) is 4.45. The second-order valence-electron chi connectivity index (χ2n) is 5.45. The Kier molecular flexibility index (Phi) is 4.45. The summed E-state index contributed by atoms with van der Waals surface area (Å²) >= 11 is 0. The fourth-order valence-electron chi connectivity index (χ4n) is 2.47. The first-order valence-electron chi connectivity index (χ1n) is 6.84. The van der Waals surface area contributed by atoms with Crippen LogP contribution in [0.2, 0.25) is 0 Å². The van der Waals surface area contributed by atoms with Gasteiger partial charge in [-0.2, -0.15) is 4.98 Å². The van der Waals surface area contributed by atoms with Crippen molar-refractivity contribution in [2.24, 2.45) is 5.73 Å². The van der Waals surface area contributed by atoms with Crippen molar-refractivity contribution in [3.8, 4) is 0 Å². The maximum Gasteiger partial charge on any atom is 0.227 e. The molecule has 4 nitrogen and oxygen atoms in total. The third-order valence-corrected chi connectivity index (χ3v) is 4.03. The number of aryl methyl sites for hydroxylation is 3. The zero-order valence-electron chi connectivity index (χ0n) is 11.6. The molecule has 0 amide bonds. The molecule has 3 rings (SSSR count). The van der Waals surface area contributed by atoms with Gasteiger partial charge in [-0.1, -0.05) is 29.4 Å². The zero-order valence-corrected chi connectivity index (χ0v) is 12.4. The van der Waals surface area contributed by atoms with E-state index in [4.69, 9.17) is 10.3 Å². The first-order chi connectivity index (χ1) is 9.17. The highest BCUT2D eigenvalue weighted by Gasteiger charge is 2.38. The molecule has 2 aromatic rings. The van der Waals surface area contributed by atoms with Gasteiger partial charge in [0.25, 0.3) is 0 Å². The van der Waals surface area contributed by atoms with E-state index in [0.717, 1.165) is 32.1 Å². The van der Waals surface area contributed by atoms with E-state index >= 15 is 0 Å². The van der Waals surface area contributed by atoms with Gasteiger partial charge in [0.2, 0.25) is 5.89 Å². The van der Waals surface area contributed by atoms with Gasteiger partial charge in [-0.05, 0) is 43.7 Å². The Morgan fingerprint density at radius 2 is 2.00 bits per heavy atom. The topological polar surface area (TPSA) is 64.9 Å². The molecule has 0 spiro atoms. The van der Waals surface area contributed by atoms with Gasteiger partial charge in [-0.3, -0.25) is 0 Å². The van der Waals surface area contributed by atoms with Crippen LogP contribution in [0.15, 0.2) is 28.8 Å². The van der Waals surface area contributed by atoms with Crippen molar-refractivity contribution in [1.82, 2.24) is 10.1 Å². The van der Waals surface area contributed by atoms with Gasteiger partial charge in [-0.15, -0.1) is 12.4 Å². The highest BCUT2D eigenvalue weighted by atomic mass is 35.5. The second kappa shape index (κ2) is 5.94. The lowest BCUT2D eigenvalue weighted by atomic mass is 9.77. The molecule has 20 heavy (non-hydrogen) atoms. The van der Waals surface area contributed by atoms with Crippen LogP contribution in [-0.2, 0) is 18.4 Å².